The van der Waals surface area contributed by atoms with Crippen molar-refractivity contribution in [1.29, 1.82) is 0 Å². The fourth-order valence-corrected chi connectivity index (χ4v) is 3.85. The van der Waals surface area contributed by atoms with Gasteiger partial charge in [0.05, 0.1) is 17.9 Å². The second kappa shape index (κ2) is 7.27. The summed E-state index contributed by atoms with van der Waals surface area (Å²) in [6.07, 6.45) is 3.74. The van der Waals surface area contributed by atoms with Gasteiger partial charge in [0.2, 0.25) is 11.8 Å². The van der Waals surface area contributed by atoms with E-state index in [1.807, 2.05) is 0 Å². The van der Waals surface area contributed by atoms with E-state index in [2.05, 4.69) is 10.6 Å². The summed E-state index contributed by atoms with van der Waals surface area (Å²) >= 11 is 0. The largest absolute Gasteiger partial charge is 0.481 e. The first-order valence-electron chi connectivity index (χ1n) is 8.84. The molecular weight excluding hydrogens is 336 g/mol. The Morgan fingerprint density at radius 3 is 2.35 bits per heavy atom. The smallest absolute Gasteiger partial charge is 0.305 e. The van der Waals surface area contributed by atoms with Gasteiger partial charge >= 0.3 is 5.97 Å². The second-order valence-electron chi connectivity index (χ2n) is 7.23. The Balaban J connectivity index is 1.64. The Labute approximate surface area is 151 Å². The zero-order valence-corrected chi connectivity index (χ0v) is 14.4. The summed E-state index contributed by atoms with van der Waals surface area (Å²) in [5.74, 6) is -2.06. The molecule has 1 aromatic rings. The lowest BCUT2D eigenvalue weighted by Crippen LogP contribution is -2.47. The second-order valence-corrected chi connectivity index (χ2v) is 7.23. The number of nitrogens with one attached hydrogen (secondary N) is 2. The topological polar surface area (TPSA) is 113 Å². The Morgan fingerprint density at radius 2 is 1.81 bits per heavy atom. The summed E-state index contributed by atoms with van der Waals surface area (Å²) < 4.78 is 0. The van der Waals surface area contributed by atoms with Crippen molar-refractivity contribution in [3.8, 4) is 0 Å². The standard InChI is InChI=1S/C19H22N2O5/c22-15-10-14(17(25)20-15)9-12-3-5-13(6-4-12)18(26)21-19(11-16(23)24)7-1-2-8-19/h3-6,14H,1-2,7-11H2,(H,21,26)(H,23,24)(H,20,22,25). The van der Waals surface area contributed by atoms with Crippen molar-refractivity contribution in [2.75, 3.05) is 0 Å². The predicted molar refractivity (Wildman–Crippen MR) is 92.3 cm³/mol. The molecule has 7 nitrogen and oxygen atoms in total. The van der Waals surface area contributed by atoms with Gasteiger partial charge in [-0.1, -0.05) is 25.0 Å². The molecular formula is C19H22N2O5. The van der Waals surface area contributed by atoms with E-state index >= 15 is 0 Å². The number of aliphatic carboxylic acids is 1. The van der Waals surface area contributed by atoms with Crippen molar-refractivity contribution in [3.05, 3.63) is 35.4 Å². The normalized spacial score (nSPS) is 21.5. The zero-order valence-electron chi connectivity index (χ0n) is 14.4. The van der Waals surface area contributed by atoms with Crippen LogP contribution in [0.1, 0.15) is 54.4 Å². The average Bonchev–Trinajstić information content (AvgIpc) is 3.14. The van der Waals surface area contributed by atoms with Gasteiger partial charge in [-0.25, -0.2) is 0 Å². The molecule has 1 aliphatic heterocycles. The summed E-state index contributed by atoms with van der Waals surface area (Å²) in [6.45, 7) is 0. The van der Waals surface area contributed by atoms with Gasteiger partial charge in [-0.2, -0.15) is 0 Å². The van der Waals surface area contributed by atoms with Crippen LogP contribution in [0.15, 0.2) is 24.3 Å². The Kier molecular flexibility index (Phi) is 5.06. The minimum atomic E-state index is -0.910. The molecule has 3 N–H and O–H groups in total. The van der Waals surface area contributed by atoms with Crippen LogP contribution in [0.25, 0.3) is 0 Å². The molecule has 1 atom stereocenters. The average molecular weight is 358 g/mol. The molecule has 0 spiro atoms. The Morgan fingerprint density at radius 1 is 1.15 bits per heavy atom. The number of hydrogen-bond acceptors (Lipinski definition) is 4. The van der Waals surface area contributed by atoms with Gasteiger partial charge in [0.1, 0.15) is 0 Å². The number of imide groups is 1. The highest BCUT2D eigenvalue weighted by Crippen LogP contribution is 2.33. The van der Waals surface area contributed by atoms with Gasteiger partial charge in [-0.3, -0.25) is 24.5 Å². The molecule has 0 radical (unpaired) electrons. The molecule has 1 aromatic carbocycles. The summed E-state index contributed by atoms with van der Waals surface area (Å²) in [5, 5.41) is 14.3. The molecule has 26 heavy (non-hydrogen) atoms. The Bertz CT molecular complexity index is 735. The third-order valence-corrected chi connectivity index (χ3v) is 5.19. The van der Waals surface area contributed by atoms with Crippen LogP contribution >= 0.6 is 0 Å². The van der Waals surface area contributed by atoms with Crippen molar-refractivity contribution < 1.29 is 24.3 Å². The first-order valence-corrected chi connectivity index (χ1v) is 8.84. The van der Waals surface area contributed by atoms with Crippen LogP contribution in [0, 0.1) is 5.92 Å². The third-order valence-electron chi connectivity index (χ3n) is 5.19. The lowest BCUT2D eigenvalue weighted by atomic mass is 9.92. The molecule has 2 fully saturated rings. The zero-order chi connectivity index (χ0) is 18.7. The van der Waals surface area contributed by atoms with E-state index in [1.54, 1.807) is 24.3 Å². The molecule has 2 aliphatic rings. The van der Waals surface area contributed by atoms with E-state index in [1.165, 1.54) is 0 Å². The van der Waals surface area contributed by atoms with E-state index < -0.39 is 11.5 Å². The van der Waals surface area contributed by atoms with Crippen LogP contribution in [-0.4, -0.2) is 34.3 Å². The molecule has 3 amide bonds. The van der Waals surface area contributed by atoms with Gasteiger partial charge in [0, 0.05) is 12.0 Å². The van der Waals surface area contributed by atoms with Gasteiger partial charge in [0.15, 0.2) is 0 Å². The lowest BCUT2D eigenvalue weighted by molar-refractivity contribution is -0.138. The molecule has 1 unspecified atom stereocenters. The number of rotatable bonds is 6. The van der Waals surface area contributed by atoms with E-state index in [0.29, 0.717) is 24.8 Å². The molecule has 7 heteroatoms. The molecule has 1 heterocycles. The number of carbonyl (C=O) groups is 4. The number of hydrogen-bond donors (Lipinski definition) is 3. The number of carbonyl (C=O) groups excluding carboxylic acids is 3. The van der Waals surface area contributed by atoms with Gasteiger partial charge < -0.3 is 10.4 Å². The summed E-state index contributed by atoms with van der Waals surface area (Å²) in [7, 11) is 0. The quantitative estimate of drug-likeness (QED) is 0.666. The maximum Gasteiger partial charge on any atom is 0.305 e. The highest BCUT2D eigenvalue weighted by atomic mass is 16.4. The van der Waals surface area contributed by atoms with Gasteiger partial charge in [-0.05, 0) is 37.0 Å². The van der Waals surface area contributed by atoms with Crippen molar-refractivity contribution in [3.63, 3.8) is 0 Å². The van der Waals surface area contributed by atoms with Crippen molar-refractivity contribution in [2.24, 2.45) is 5.92 Å². The van der Waals surface area contributed by atoms with Crippen molar-refractivity contribution in [2.45, 2.75) is 50.5 Å². The Hall–Kier alpha value is -2.70. The number of carboxylic acids is 1. The van der Waals surface area contributed by atoms with Crippen LogP contribution in [0.5, 0.6) is 0 Å². The first kappa shape index (κ1) is 18.1. The van der Waals surface area contributed by atoms with Crippen molar-refractivity contribution in [1.82, 2.24) is 10.6 Å². The van der Waals surface area contributed by atoms with Gasteiger partial charge in [0.25, 0.3) is 5.91 Å². The number of benzene rings is 1. The SMILES string of the molecule is O=C(O)CC1(NC(=O)c2ccc(CC3CC(=O)NC3=O)cc2)CCCC1. The van der Waals surface area contributed by atoms with E-state index in [4.69, 9.17) is 5.11 Å². The monoisotopic (exact) mass is 358 g/mol. The first-order chi connectivity index (χ1) is 12.4. The molecule has 138 valence electrons. The third kappa shape index (κ3) is 4.09. The van der Waals surface area contributed by atoms with Crippen LogP contribution in [0.2, 0.25) is 0 Å². The molecule has 1 saturated heterocycles. The molecule has 1 aliphatic carbocycles. The molecule has 1 saturated carbocycles. The highest BCUT2D eigenvalue weighted by Gasteiger charge is 2.37. The van der Waals surface area contributed by atoms with Gasteiger partial charge in [-0.15, -0.1) is 0 Å². The fraction of sp³-hybridized carbons (Fsp3) is 0.474. The van der Waals surface area contributed by atoms with Crippen LogP contribution in [0.4, 0.5) is 0 Å². The summed E-state index contributed by atoms with van der Waals surface area (Å²) in [4.78, 5) is 46.5. The maximum absolute atomic E-state index is 12.5. The van der Waals surface area contributed by atoms with Crippen LogP contribution < -0.4 is 10.6 Å². The van der Waals surface area contributed by atoms with E-state index in [-0.39, 0.29) is 36.5 Å². The van der Waals surface area contributed by atoms with Crippen LogP contribution in [-0.2, 0) is 20.8 Å². The minimum absolute atomic E-state index is 0.0678. The maximum atomic E-state index is 12.5. The molecule has 0 bridgehead atoms. The van der Waals surface area contributed by atoms with Crippen LogP contribution in [0.3, 0.4) is 0 Å². The number of carboxylic acid groups (broad SMARTS) is 1. The molecule has 0 aromatic heterocycles. The van der Waals surface area contributed by atoms with Crippen molar-refractivity contribution >= 4 is 23.7 Å². The predicted octanol–water partition coefficient (Wildman–Crippen LogP) is 1.41. The minimum Gasteiger partial charge on any atom is -0.481 e. The highest BCUT2D eigenvalue weighted by molar-refractivity contribution is 6.03. The van der Waals surface area contributed by atoms with E-state index in [0.717, 1.165) is 18.4 Å². The lowest BCUT2D eigenvalue weighted by Gasteiger charge is -2.28. The molecule has 3 rings (SSSR count). The number of amides is 3. The fourth-order valence-electron chi connectivity index (χ4n) is 3.85. The van der Waals surface area contributed by atoms with E-state index in [9.17, 15) is 19.2 Å². The summed E-state index contributed by atoms with van der Waals surface area (Å²) in [6, 6.07) is 6.87. The summed E-state index contributed by atoms with van der Waals surface area (Å²) in [5.41, 5.74) is 0.666.